The van der Waals surface area contributed by atoms with Crippen molar-refractivity contribution in [2.24, 2.45) is 5.73 Å². The largest absolute Gasteiger partial charge is 0.329 e. The summed E-state index contributed by atoms with van der Waals surface area (Å²) in [5, 5.41) is 0.641. The van der Waals surface area contributed by atoms with Crippen molar-refractivity contribution in [2.75, 3.05) is 24.3 Å². The highest BCUT2D eigenvalue weighted by molar-refractivity contribution is 8.00. The number of rotatable bonds is 6. The summed E-state index contributed by atoms with van der Waals surface area (Å²) in [6.45, 7) is 2.99. The van der Waals surface area contributed by atoms with E-state index in [1.165, 1.54) is 17.9 Å². The molecule has 0 rings (SSSR count). The van der Waals surface area contributed by atoms with Crippen molar-refractivity contribution < 1.29 is 0 Å². The van der Waals surface area contributed by atoms with E-state index in [-0.39, 0.29) is 0 Å². The van der Waals surface area contributed by atoms with Gasteiger partial charge in [-0.3, -0.25) is 0 Å². The third-order valence-electron chi connectivity index (χ3n) is 1.23. The van der Waals surface area contributed by atoms with Crippen LogP contribution in [0.25, 0.3) is 0 Å². The molecule has 0 bridgehead atoms. The maximum Gasteiger partial charge on any atom is 0.0141 e. The summed E-state index contributed by atoms with van der Waals surface area (Å²) in [5.74, 6) is 2.55. The molecule has 0 spiro atoms. The van der Waals surface area contributed by atoms with Crippen molar-refractivity contribution in [2.45, 2.75) is 18.6 Å². The van der Waals surface area contributed by atoms with E-state index in [0.29, 0.717) is 5.25 Å². The zero-order valence-corrected chi connectivity index (χ0v) is 8.43. The van der Waals surface area contributed by atoms with Crippen LogP contribution < -0.4 is 5.73 Å². The second-order valence-electron chi connectivity index (χ2n) is 2.26. The fourth-order valence-corrected chi connectivity index (χ4v) is 2.02. The quantitative estimate of drug-likeness (QED) is 0.630. The van der Waals surface area contributed by atoms with Crippen LogP contribution in [0.15, 0.2) is 0 Å². The molecule has 0 aliphatic rings. The lowest BCUT2D eigenvalue weighted by atomic mass is 10.5. The zero-order chi connectivity index (χ0) is 7.82. The van der Waals surface area contributed by atoms with Gasteiger partial charge in [0.15, 0.2) is 0 Å². The highest BCUT2D eigenvalue weighted by atomic mass is 32.2. The molecule has 1 unspecified atom stereocenters. The summed E-state index contributed by atoms with van der Waals surface area (Å²) >= 11 is 3.89. The minimum atomic E-state index is 0.641. The minimum absolute atomic E-state index is 0.641. The maximum absolute atomic E-state index is 5.46. The Kier molecular flexibility index (Phi) is 8.28. The molecule has 0 aliphatic carbocycles. The minimum Gasteiger partial charge on any atom is -0.329 e. The molecule has 2 N–H and O–H groups in total. The molecule has 0 aliphatic heterocycles. The molecule has 0 aromatic heterocycles. The fraction of sp³-hybridized carbons (Fsp3) is 1.00. The Morgan fingerprint density at radius 2 is 2.10 bits per heavy atom. The summed E-state index contributed by atoms with van der Waals surface area (Å²) in [7, 11) is 0. The molecule has 0 saturated heterocycles. The van der Waals surface area contributed by atoms with Gasteiger partial charge in [-0.15, -0.1) is 0 Å². The van der Waals surface area contributed by atoms with E-state index in [9.17, 15) is 0 Å². The van der Waals surface area contributed by atoms with Gasteiger partial charge in [0.1, 0.15) is 0 Å². The van der Waals surface area contributed by atoms with Crippen LogP contribution in [0.2, 0.25) is 0 Å². The van der Waals surface area contributed by atoms with Gasteiger partial charge in [-0.1, -0.05) is 6.92 Å². The standard InChI is InChI=1S/C7H17NS2/c1-7(6-8)10-5-3-4-9-2/h7H,3-6,8H2,1-2H3. The molecule has 1 nitrogen and oxygen atoms in total. The Morgan fingerprint density at radius 3 is 2.60 bits per heavy atom. The average Bonchev–Trinajstić information content (AvgIpc) is 1.98. The summed E-state index contributed by atoms with van der Waals surface area (Å²) in [4.78, 5) is 0. The van der Waals surface area contributed by atoms with Gasteiger partial charge < -0.3 is 5.73 Å². The molecule has 1 atom stereocenters. The maximum atomic E-state index is 5.46. The summed E-state index contributed by atoms with van der Waals surface area (Å²) < 4.78 is 0. The second kappa shape index (κ2) is 7.76. The lowest BCUT2D eigenvalue weighted by Crippen LogP contribution is -2.13. The third kappa shape index (κ3) is 6.78. The van der Waals surface area contributed by atoms with Gasteiger partial charge in [0, 0.05) is 11.8 Å². The molecular formula is C7H17NS2. The highest BCUT2D eigenvalue weighted by Gasteiger charge is 1.97. The van der Waals surface area contributed by atoms with E-state index in [0.717, 1.165) is 6.54 Å². The highest BCUT2D eigenvalue weighted by Crippen LogP contribution is 2.11. The molecule has 0 amide bonds. The normalized spacial score (nSPS) is 13.5. The van der Waals surface area contributed by atoms with Gasteiger partial charge in [-0.2, -0.15) is 23.5 Å². The SMILES string of the molecule is CSCCCSC(C)CN. The fourth-order valence-electron chi connectivity index (χ4n) is 0.556. The van der Waals surface area contributed by atoms with Gasteiger partial charge in [0.05, 0.1) is 0 Å². The summed E-state index contributed by atoms with van der Waals surface area (Å²) in [6, 6.07) is 0. The van der Waals surface area contributed by atoms with E-state index in [1.54, 1.807) is 0 Å². The number of thioether (sulfide) groups is 2. The Balaban J connectivity index is 2.89. The van der Waals surface area contributed by atoms with Crippen LogP contribution in [0.5, 0.6) is 0 Å². The predicted molar refractivity (Wildman–Crippen MR) is 54.0 cm³/mol. The molecule has 3 heteroatoms. The van der Waals surface area contributed by atoms with E-state index in [4.69, 9.17) is 5.73 Å². The van der Waals surface area contributed by atoms with Crippen molar-refractivity contribution in [3.63, 3.8) is 0 Å². The Bertz CT molecular complexity index is 68.6. The molecule has 0 radical (unpaired) electrons. The van der Waals surface area contributed by atoms with Crippen molar-refractivity contribution in [1.29, 1.82) is 0 Å². The van der Waals surface area contributed by atoms with E-state index >= 15 is 0 Å². The average molecular weight is 179 g/mol. The summed E-state index contributed by atoms with van der Waals surface area (Å²) in [5.41, 5.74) is 5.46. The first-order chi connectivity index (χ1) is 4.81. The lowest BCUT2D eigenvalue weighted by Gasteiger charge is -2.06. The van der Waals surface area contributed by atoms with Crippen LogP contribution in [-0.4, -0.2) is 29.6 Å². The van der Waals surface area contributed by atoms with Crippen LogP contribution in [0.1, 0.15) is 13.3 Å². The predicted octanol–water partition coefficient (Wildman–Crippen LogP) is 1.82. The molecule has 0 aromatic rings. The van der Waals surface area contributed by atoms with Gasteiger partial charge in [-0.25, -0.2) is 0 Å². The first kappa shape index (κ1) is 10.7. The lowest BCUT2D eigenvalue weighted by molar-refractivity contribution is 0.947. The van der Waals surface area contributed by atoms with Crippen LogP contribution in [-0.2, 0) is 0 Å². The number of hydrogen-bond donors (Lipinski definition) is 1. The van der Waals surface area contributed by atoms with Crippen LogP contribution in [0, 0.1) is 0 Å². The molecular weight excluding hydrogens is 162 g/mol. The number of nitrogens with two attached hydrogens (primary N) is 1. The molecule has 0 aromatic carbocycles. The Morgan fingerprint density at radius 1 is 1.40 bits per heavy atom. The Labute approximate surface area is 72.5 Å². The van der Waals surface area contributed by atoms with Crippen LogP contribution in [0.4, 0.5) is 0 Å². The van der Waals surface area contributed by atoms with Gasteiger partial charge in [0.25, 0.3) is 0 Å². The third-order valence-corrected chi connectivity index (χ3v) is 3.21. The molecule has 0 saturated carbocycles. The number of hydrogen-bond acceptors (Lipinski definition) is 3. The second-order valence-corrected chi connectivity index (χ2v) is 4.80. The first-order valence-corrected chi connectivity index (χ1v) is 6.06. The monoisotopic (exact) mass is 179 g/mol. The van der Waals surface area contributed by atoms with Crippen molar-refractivity contribution in [1.82, 2.24) is 0 Å². The topological polar surface area (TPSA) is 26.0 Å². The van der Waals surface area contributed by atoms with Gasteiger partial charge in [-0.05, 0) is 24.2 Å². The molecule has 0 fully saturated rings. The molecule has 0 heterocycles. The Hall–Kier alpha value is 0.660. The van der Waals surface area contributed by atoms with Gasteiger partial charge in [0.2, 0.25) is 0 Å². The van der Waals surface area contributed by atoms with Crippen molar-refractivity contribution >= 4 is 23.5 Å². The van der Waals surface area contributed by atoms with Crippen molar-refractivity contribution in [3.05, 3.63) is 0 Å². The van der Waals surface area contributed by atoms with Crippen LogP contribution in [0.3, 0.4) is 0 Å². The van der Waals surface area contributed by atoms with E-state index in [1.807, 2.05) is 23.5 Å². The molecule has 62 valence electrons. The molecule has 10 heavy (non-hydrogen) atoms. The van der Waals surface area contributed by atoms with Crippen LogP contribution >= 0.6 is 23.5 Å². The van der Waals surface area contributed by atoms with Gasteiger partial charge >= 0.3 is 0 Å². The first-order valence-electron chi connectivity index (χ1n) is 3.62. The smallest absolute Gasteiger partial charge is 0.0141 e. The van der Waals surface area contributed by atoms with E-state index in [2.05, 4.69) is 13.2 Å². The summed E-state index contributed by atoms with van der Waals surface area (Å²) in [6.07, 6.45) is 3.47. The van der Waals surface area contributed by atoms with E-state index < -0.39 is 0 Å². The zero-order valence-electron chi connectivity index (χ0n) is 6.80. The van der Waals surface area contributed by atoms with Crippen molar-refractivity contribution in [3.8, 4) is 0 Å².